The fraction of sp³-hybridized carbons (Fsp3) is 0.750. The molecule has 0 atom stereocenters. The summed E-state index contributed by atoms with van der Waals surface area (Å²) in [6.45, 7) is 3.41. The summed E-state index contributed by atoms with van der Waals surface area (Å²) in [5.74, 6) is 0. The first-order valence-electron chi connectivity index (χ1n) is 4.40. The van der Waals surface area contributed by atoms with Gasteiger partial charge in [0.05, 0.1) is 6.26 Å². The van der Waals surface area contributed by atoms with Crippen LogP contribution in [0.15, 0.2) is 0 Å². The minimum absolute atomic E-state index is 0.312. The van der Waals surface area contributed by atoms with E-state index in [0.29, 0.717) is 12.8 Å². The quantitative estimate of drug-likeness (QED) is 0.657. The molecule has 0 bridgehead atoms. The Balaban J connectivity index is 4.21. The molecule has 0 spiro atoms. The van der Waals surface area contributed by atoms with Crippen molar-refractivity contribution in [1.29, 1.82) is 0 Å². The molecule has 6 nitrogen and oxygen atoms in total. The van der Waals surface area contributed by atoms with Crippen LogP contribution in [-0.2, 0) is 14.8 Å². The van der Waals surface area contributed by atoms with Crippen molar-refractivity contribution < 1.29 is 18.0 Å². The van der Waals surface area contributed by atoms with Crippen LogP contribution in [0.4, 0.5) is 4.79 Å². The number of hydrogen-bond donors (Lipinski definition) is 2. The molecule has 2 amide bonds. The Morgan fingerprint density at radius 1 is 1.40 bits per heavy atom. The van der Waals surface area contributed by atoms with Crippen molar-refractivity contribution in [3.8, 4) is 0 Å². The summed E-state index contributed by atoms with van der Waals surface area (Å²) < 4.78 is 23.2. The molecule has 0 aromatic heterocycles. The van der Waals surface area contributed by atoms with Crippen LogP contribution in [0.5, 0.6) is 0 Å². The van der Waals surface area contributed by atoms with Crippen LogP contribution < -0.4 is 10.0 Å². The van der Waals surface area contributed by atoms with Crippen LogP contribution in [0.1, 0.15) is 26.7 Å². The first-order chi connectivity index (χ1) is 6.66. The minimum atomic E-state index is -3.55. The van der Waals surface area contributed by atoms with Gasteiger partial charge in [0, 0.05) is 12.0 Å². The highest BCUT2D eigenvalue weighted by molar-refractivity contribution is 7.89. The van der Waals surface area contributed by atoms with Gasteiger partial charge in [0.1, 0.15) is 6.29 Å². The van der Waals surface area contributed by atoms with E-state index in [4.69, 9.17) is 0 Å². The summed E-state index contributed by atoms with van der Waals surface area (Å²) in [7, 11) is -3.55. The Kier molecular flexibility index (Phi) is 4.73. The maximum absolute atomic E-state index is 11.1. The lowest BCUT2D eigenvalue weighted by molar-refractivity contribution is -0.108. The summed E-state index contributed by atoms with van der Waals surface area (Å²) in [5.41, 5.74) is -0.615. The summed E-state index contributed by atoms with van der Waals surface area (Å²) in [6.07, 6.45) is 2.41. The van der Waals surface area contributed by atoms with E-state index in [1.54, 1.807) is 18.6 Å². The second-order valence-electron chi connectivity index (χ2n) is 3.92. The molecule has 0 saturated carbocycles. The van der Waals surface area contributed by atoms with E-state index in [1.807, 2.05) is 0 Å². The molecule has 2 N–H and O–H groups in total. The molecule has 0 aliphatic rings. The molecule has 0 heterocycles. The van der Waals surface area contributed by atoms with Gasteiger partial charge in [-0.1, -0.05) is 0 Å². The maximum Gasteiger partial charge on any atom is 0.328 e. The van der Waals surface area contributed by atoms with Crippen LogP contribution in [0, 0.1) is 0 Å². The van der Waals surface area contributed by atoms with Crippen molar-refractivity contribution in [2.75, 3.05) is 6.26 Å². The highest BCUT2D eigenvalue weighted by Gasteiger charge is 2.21. The van der Waals surface area contributed by atoms with Gasteiger partial charge in [-0.15, -0.1) is 0 Å². The third-order valence-corrected chi connectivity index (χ3v) is 2.17. The fourth-order valence-electron chi connectivity index (χ4n) is 0.984. The predicted octanol–water partition coefficient (Wildman–Crippen LogP) is 0.00290. The molecule has 0 unspecified atom stereocenters. The van der Waals surface area contributed by atoms with E-state index < -0.39 is 21.6 Å². The molecule has 0 aromatic carbocycles. The van der Waals surface area contributed by atoms with Gasteiger partial charge in [-0.3, -0.25) is 0 Å². The summed E-state index contributed by atoms with van der Waals surface area (Å²) in [4.78, 5) is 21.3. The van der Waals surface area contributed by atoms with E-state index in [1.165, 1.54) is 0 Å². The van der Waals surface area contributed by atoms with Crippen LogP contribution in [0.2, 0.25) is 0 Å². The van der Waals surface area contributed by atoms with Gasteiger partial charge < -0.3 is 10.1 Å². The molecule has 0 radical (unpaired) electrons. The molecular formula is C8H16N2O4S. The Bertz CT molecular complexity index is 335. The smallest absolute Gasteiger partial charge is 0.328 e. The third-order valence-electron chi connectivity index (χ3n) is 1.62. The topological polar surface area (TPSA) is 92.3 Å². The number of sulfonamides is 1. The number of amides is 2. The van der Waals surface area contributed by atoms with Crippen molar-refractivity contribution in [3.63, 3.8) is 0 Å². The van der Waals surface area contributed by atoms with Crippen molar-refractivity contribution >= 4 is 22.3 Å². The maximum atomic E-state index is 11.1. The van der Waals surface area contributed by atoms with Crippen molar-refractivity contribution in [2.45, 2.75) is 32.2 Å². The lowest BCUT2D eigenvalue weighted by Crippen LogP contribution is -2.49. The average molecular weight is 236 g/mol. The summed E-state index contributed by atoms with van der Waals surface area (Å²) in [5, 5.41) is 2.46. The first kappa shape index (κ1) is 13.9. The monoisotopic (exact) mass is 236 g/mol. The van der Waals surface area contributed by atoms with Crippen LogP contribution >= 0.6 is 0 Å². The molecule has 0 aromatic rings. The molecule has 15 heavy (non-hydrogen) atoms. The van der Waals surface area contributed by atoms with Gasteiger partial charge in [0.15, 0.2) is 0 Å². The molecule has 0 fully saturated rings. The molecule has 0 aliphatic heterocycles. The predicted molar refractivity (Wildman–Crippen MR) is 55.9 cm³/mol. The van der Waals surface area contributed by atoms with Crippen molar-refractivity contribution in [1.82, 2.24) is 10.0 Å². The fourth-order valence-corrected chi connectivity index (χ4v) is 1.37. The number of carbonyl (C=O) groups excluding carboxylic acids is 2. The van der Waals surface area contributed by atoms with E-state index in [2.05, 4.69) is 5.32 Å². The average Bonchev–Trinajstić information content (AvgIpc) is 1.95. The molecular weight excluding hydrogens is 220 g/mol. The van der Waals surface area contributed by atoms with E-state index in [-0.39, 0.29) is 0 Å². The Hall–Kier alpha value is -1.11. The van der Waals surface area contributed by atoms with Gasteiger partial charge in [-0.05, 0) is 20.3 Å². The lowest BCUT2D eigenvalue weighted by atomic mass is 9.99. The minimum Gasteiger partial charge on any atom is -0.332 e. The SMILES string of the molecule is CC(C)(CCC=O)NC(=O)NS(C)(=O)=O. The van der Waals surface area contributed by atoms with E-state index >= 15 is 0 Å². The zero-order valence-corrected chi connectivity index (χ0v) is 9.85. The van der Waals surface area contributed by atoms with Crippen LogP contribution in [-0.4, -0.2) is 32.5 Å². The highest BCUT2D eigenvalue weighted by Crippen LogP contribution is 2.09. The second kappa shape index (κ2) is 5.11. The van der Waals surface area contributed by atoms with Gasteiger partial charge in [0.25, 0.3) is 0 Å². The number of carbonyl (C=O) groups is 2. The summed E-state index contributed by atoms with van der Waals surface area (Å²) >= 11 is 0. The van der Waals surface area contributed by atoms with E-state index in [9.17, 15) is 18.0 Å². The largest absolute Gasteiger partial charge is 0.332 e. The molecule has 0 saturated heterocycles. The molecule has 88 valence electrons. The third kappa shape index (κ3) is 7.92. The summed E-state index contributed by atoms with van der Waals surface area (Å²) in [6, 6.07) is -0.784. The van der Waals surface area contributed by atoms with Gasteiger partial charge in [-0.2, -0.15) is 0 Å². The number of hydrogen-bond acceptors (Lipinski definition) is 4. The van der Waals surface area contributed by atoms with Crippen LogP contribution in [0.3, 0.4) is 0 Å². The van der Waals surface area contributed by atoms with E-state index in [0.717, 1.165) is 12.5 Å². The van der Waals surface area contributed by atoms with Crippen LogP contribution in [0.25, 0.3) is 0 Å². The number of rotatable bonds is 5. The zero-order valence-electron chi connectivity index (χ0n) is 9.03. The molecule has 0 rings (SSSR count). The Morgan fingerprint density at radius 3 is 2.33 bits per heavy atom. The number of urea groups is 1. The highest BCUT2D eigenvalue weighted by atomic mass is 32.2. The lowest BCUT2D eigenvalue weighted by Gasteiger charge is -2.25. The van der Waals surface area contributed by atoms with Gasteiger partial charge in [-0.25, -0.2) is 17.9 Å². The second-order valence-corrected chi connectivity index (χ2v) is 5.67. The van der Waals surface area contributed by atoms with Gasteiger partial charge in [0.2, 0.25) is 10.0 Å². The normalized spacial score (nSPS) is 11.9. The van der Waals surface area contributed by atoms with Crippen molar-refractivity contribution in [3.05, 3.63) is 0 Å². The zero-order chi connectivity index (χ0) is 12.1. The molecule has 7 heteroatoms. The van der Waals surface area contributed by atoms with Crippen molar-refractivity contribution in [2.24, 2.45) is 0 Å². The number of aldehydes is 1. The number of nitrogens with one attached hydrogen (secondary N) is 2. The Morgan fingerprint density at radius 2 is 1.93 bits per heavy atom. The first-order valence-corrected chi connectivity index (χ1v) is 6.29. The molecule has 0 aliphatic carbocycles. The van der Waals surface area contributed by atoms with Gasteiger partial charge >= 0.3 is 6.03 Å². The standard InChI is InChI=1S/C8H16N2O4S/c1-8(2,5-4-6-11)9-7(12)10-15(3,13)14/h6H,4-5H2,1-3H3,(H2,9,10,12). The Labute approximate surface area is 89.5 Å².